The summed E-state index contributed by atoms with van der Waals surface area (Å²) in [6.07, 6.45) is -2.40. The Morgan fingerprint density at radius 1 is 1.10 bits per heavy atom. The maximum Gasteiger partial charge on any atom is 0.331 e. The van der Waals surface area contributed by atoms with Crippen LogP contribution in [0.1, 0.15) is 32.3 Å². The second-order valence-electron chi connectivity index (χ2n) is 10.3. The van der Waals surface area contributed by atoms with Gasteiger partial charge in [0.1, 0.15) is 0 Å². The fourth-order valence-electron chi connectivity index (χ4n) is 4.67. The van der Waals surface area contributed by atoms with Crippen LogP contribution in [-0.2, 0) is 29.9 Å². The number of rotatable bonds is 17. The van der Waals surface area contributed by atoms with Crippen LogP contribution in [0, 0.1) is 0 Å². The second kappa shape index (κ2) is 15.6. The molecule has 2 rings (SSSR count). The minimum absolute atomic E-state index is 0.0220. The number of nitrogens with zero attached hydrogens (tertiary/aromatic N) is 1. The number of aryl methyl sites for hydroxylation is 1. The fourth-order valence-corrected chi connectivity index (χ4v) is 5.74. The van der Waals surface area contributed by atoms with Crippen LogP contribution in [0.4, 0.5) is 0 Å². The van der Waals surface area contributed by atoms with E-state index in [1.165, 1.54) is 26.0 Å². The molecule has 1 aromatic carbocycles. The summed E-state index contributed by atoms with van der Waals surface area (Å²) in [5, 5.41) is 44.9. The van der Waals surface area contributed by atoms with E-state index in [1.54, 1.807) is 12.1 Å². The molecule has 1 saturated heterocycles. The number of hydrogen-bond acceptors (Lipinski definition) is 11. The summed E-state index contributed by atoms with van der Waals surface area (Å²) in [5.74, 6) is -1.36. The van der Waals surface area contributed by atoms with E-state index in [1.807, 2.05) is 6.07 Å². The Kier molecular flexibility index (Phi) is 13.2. The number of aliphatic hydroxyl groups is 3. The van der Waals surface area contributed by atoms with Crippen LogP contribution >= 0.6 is 7.60 Å². The zero-order valence-electron chi connectivity index (χ0n) is 24.2. The van der Waals surface area contributed by atoms with Crippen molar-refractivity contribution in [1.82, 2.24) is 15.5 Å². The SMILES string of the molecule is COc1ccc(CCCC(=O)NC(C)(COP(=O)(O)CCN2[C@H](CO)[C@@H](O)[C@H](O)[C@H]2CNC(C)=O)C(=O)O)cc1OC. The van der Waals surface area contributed by atoms with Gasteiger partial charge in [-0.25, -0.2) is 4.79 Å². The summed E-state index contributed by atoms with van der Waals surface area (Å²) < 4.78 is 28.4. The number of aliphatic carboxylic acids is 1. The molecule has 15 nitrogen and oxygen atoms in total. The van der Waals surface area contributed by atoms with Gasteiger partial charge >= 0.3 is 13.6 Å². The number of nitrogens with one attached hydrogen (secondary N) is 2. The zero-order chi connectivity index (χ0) is 31.7. The van der Waals surface area contributed by atoms with Crippen molar-refractivity contribution in [2.24, 2.45) is 0 Å². The molecular weight excluding hydrogens is 577 g/mol. The molecule has 1 heterocycles. The summed E-state index contributed by atoms with van der Waals surface area (Å²) in [5.41, 5.74) is -1.13. The number of ether oxygens (including phenoxy) is 2. The van der Waals surface area contributed by atoms with Crippen LogP contribution in [0.15, 0.2) is 18.2 Å². The second-order valence-corrected chi connectivity index (χ2v) is 12.3. The van der Waals surface area contributed by atoms with Crippen molar-refractivity contribution in [3.05, 3.63) is 23.8 Å². The molecule has 0 aliphatic carbocycles. The summed E-state index contributed by atoms with van der Waals surface area (Å²) in [6.45, 7) is 0.708. The number of aliphatic hydroxyl groups excluding tert-OH is 3. The van der Waals surface area contributed by atoms with Gasteiger partial charge in [-0.1, -0.05) is 6.07 Å². The Labute approximate surface area is 244 Å². The summed E-state index contributed by atoms with van der Waals surface area (Å²) in [6, 6.07) is 3.51. The highest BCUT2D eigenvalue weighted by atomic mass is 31.2. The van der Waals surface area contributed by atoms with Gasteiger partial charge in [0.15, 0.2) is 17.0 Å². The average molecular weight is 620 g/mol. The number of carbonyl (C=O) groups is 3. The fraction of sp³-hybridized carbons (Fsp3) is 0.654. The largest absolute Gasteiger partial charge is 0.493 e. The van der Waals surface area contributed by atoms with Crippen molar-refractivity contribution in [2.75, 3.05) is 46.7 Å². The first-order chi connectivity index (χ1) is 19.7. The molecular formula is C26H42N3O12P. The van der Waals surface area contributed by atoms with Crippen LogP contribution in [0.2, 0.25) is 0 Å². The standard InChI is InChI=1S/C26H42N3O12P/c1-16(31)27-13-18-23(33)24(34)19(14-30)29(18)10-11-42(37,38)41-15-26(2,25(35)36)28-22(32)7-5-6-17-8-9-20(39-3)21(12-17)40-4/h8-9,12,18-19,23-24,30,33-34H,5-7,10-11,13-15H2,1-4H3,(H,27,31)(H,28,32)(H,35,36)(H,37,38)/t18-,19-,23-,24-,26?/m1/s1. The predicted molar refractivity (Wildman–Crippen MR) is 149 cm³/mol. The van der Waals surface area contributed by atoms with Crippen LogP contribution in [-0.4, -0.2) is 125 Å². The third kappa shape index (κ3) is 9.63. The third-order valence-electron chi connectivity index (χ3n) is 7.14. The molecule has 238 valence electrons. The van der Waals surface area contributed by atoms with Gasteiger partial charge in [-0.05, 0) is 37.5 Å². The Morgan fingerprint density at radius 3 is 2.31 bits per heavy atom. The molecule has 42 heavy (non-hydrogen) atoms. The van der Waals surface area contributed by atoms with E-state index in [2.05, 4.69) is 10.6 Å². The first-order valence-electron chi connectivity index (χ1n) is 13.4. The first-order valence-corrected chi connectivity index (χ1v) is 15.1. The molecule has 1 aromatic rings. The van der Waals surface area contributed by atoms with E-state index in [9.17, 15) is 44.3 Å². The lowest BCUT2D eigenvalue weighted by atomic mass is 10.0. The van der Waals surface area contributed by atoms with Crippen molar-refractivity contribution in [3.63, 3.8) is 0 Å². The van der Waals surface area contributed by atoms with E-state index < -0.39 is 74.6 Å². The van der Waals surface area contributed by atoms with Gasteiger partial charge in [0.2, 0.25) is 11.8 Å². The maximum atomic E-state index is 12.8. The lowest BCUT2D eigenvalue weighted by Crippen LogP contribution is -2.55. The monoisotopic (exact) mass is 619 g/mol. The quantitative estimate of drug-likeness (QED) is 0.105. The van der Waals surface area contributed by atoms with Gasteiger partial charge in [-0.3, -0.25) is 19.1 Å². The molecule has 16 heteroatoms. The number of amides is 2. The van der Waals surface area contributed by atoms with E-state index in [-0.39, 0.29) is 19.5 Å². The molecule has 2 amide bonds. The minimum atomic E-state index is -4.45. The molecule has 1 aliphatic heterocycles. The zero-order valence-corrected chi connectivity index (χ0v) is 25.1. The average Bonchev–Trinajstić information content (AvgIpc) is 3.17. The minimum Gasteiger partial charge on any atom is -0.493 e. The molecule has 0 saturated carbocycles. The van der Waals surface area contributed by atoms with Crippen molar-refractivity contribution in [3.8, 4) is 11.5 Å². The van der Waals surface area contributed by atoms with E-state index in [4.69, 9.17) is 14.0 Å². The van der Waals surface area contributed by atoms with Crippen LogP contribution < -0.4 is 20.1 Å². The number of methoxy groups -OCH3 is 2. The van der Waals surface area contributed by atoms with Crippen LogP contribution in [0.3, 0.4) is 0 Å². The normalized spacial score (nSPS) is 23.4. The van der Waals surface area contributed by atoms with Gasteiger partial charge in [0, 0.05) is 26.4 Å². The van der Waals surface area contributed by atoms with Crippen molar-refractivity contribution >= 4 is 25.4 Å². The number of likely N-dealkylation sites (tertiary alicyclic amines) is 1. The molecule has 0 radical (unpaired) electrons. The number of benzene rings is 1. The van der Waals surface area contributed by atoms with Crippen LogP contribution in [0.25, 0.3) is 0 Å². The molecule has 7 N–H and O–H groups in total. The highest BCUT2D eigenvalue weighted by Gasteiger charge is 2.47. The number of carbonyl (C=O) groups excluding carboxylic acids is 2. The Hall–Kier alpha value is -2.78. The molecule has 0 spiro atoms. The third-order valence-corrected chi connectivity index (χ3v) is 8.44. The van der Waals surface area contributed by atoms with Crippen molar-refractivity contribution < 1.29 is 58.3 Å². The molecule has 6 atom stereocenters. The van der Waals surface area contributed by atoms with Crippen molar-refractivity contribution in [2.45, 2.75) is 62.9 Å². The van der Waals surface area contributed by atoms with Gasteiger partial charge in [-0.15, -0.1) is 0 Å². The summed E-state index contributed by atoms with van der Waals surface area (Å²) in [4.78, 5) is 47.7. The van der Waals surface area contributed by atoms with E-state index in [0.29, 0.717) is 24.3 Å². The number of hydrogen-bond donors (Lipinski definition) is 7. The lowest BCUT2D eigenvalue weighted by molar-refractivity contribution is -0.148. The predicted octanol–water partition coefficient (Wildman–Crippen LogP) is -0.909. The highest BCUT2D eigenvalue weighted by Crippen LogP contribution is 2.43. The highest BCUT2D eigenvalue weighted by molar-refractivity contribution is 7.52. The number of carboxylic acids is 1. The Balaban J connectivity index is 1.95. The Bertz CT molecular complexity index is 1140. The molecule has 0 aromatic heterocycles. The summed E-state index contributed by atoms with van der Waals surface area (Å²) >= 11 is 0. The van der Waals surface area contributed by atoms with Crippen LogP contribution in [0.5, 0.6) is 11.5 Å². The lowest BCUT2D eigenvalue weighted by Gasteiger charge is -2.31. The van der Waals surface area contributed by atoms with E-state index in [0.717, 1.165) is 12.5 Å². The maximum absolute atomic E-state index is 12.8. The van der Waals surface area contributed by atoms with Gasteiger partial charge in [0.05, 0.1) is 57.9 Å². The van der Waals surface area contributed by atoms with Gasteiger partial charge in [-0.2, -0.15) is 0 Å². The van der Waals surface area contributed by atoms with Crippen molar-refractivity contribution in [1.29, 1.82) is 0 Å². The van der Waals surface area contributed by atoms with E-state index >= 15 is 0 Å². The molecule has 2 unspecified atom stereocenters. The van der Waals surface area contributed by atoms with Gasteiger partial charge < -0.3 is 50.0 Å². The Morgan fingerprint density at radius 2 is 1.74 bits per heavy atom. The molecule has 0 bridgehead atoms. The number of carboxylic acid groups (broad SMARTS) is 1. The molecule has 1 aliphatic rings. The first kappa shape index (κ1) is 35.4. The molecule has 1 fully saturated rings. The smallest absolute Gasteiger partial charge is 0.331 e. The van der Waals surface area contributed by atoms with Gasteiger partial charge in [0.25, 0.3) is 0 Å². The summed E-state index contributed by atoms with van der Waals surface area (Å²) in [7, 11) is -1.43. The topological polar surface area (TPSA) is 224 Å².